The molecule has 1 aromatic carbocycles. The molecule has 1 heterocycles. The van der Waals surface area contributed by atoms with E-state index in [9.17, 15) is 4.39 Å². The van der Waals surface area contributed by atoms with Crippen LogP contribution in [0.3, 0.4) is 0 Å². The molecule has 0 aromatic heterocycles. The number of rotatable bonds is 9. The van der Waals surface area contributed by atoms with Gasteiger partial charge in [0.25, 0.3) is 0 Å². The van der Waals surface area contributed by atoms with Crippen LogP contribution in [0.5, 0.6) is 0 Å². The summed E-state index contributed by atoms with van der Waals surface area (Å²) in [7, 11) is 0. The highest BCUT2D eigenvalue weighted by Gasteiger charge is 2.21. The van der Waals surface area contributed by atoms with Gasteiger partial charge in [-0.25, -0.2) is 4.39 Å². The van der Waals surface area contributed by atoms with Crippen molar-refractivity contribution in [2.75, 3.05) is 58.9 Å². The second-order valence-electron chi connectivity index (χ2n) is 8.81. The number of halogens is 2. The van der Waals surface area contributed by atoms with Gasteiger partial charge in [-0.05, 0) is 37.1 Å². The molecule has 0 radical (unpaired) electrons. The van der Waals surface area contributed by atoms with Crippen LogP contribution in [0.4, 0.5) is 4.39 Å². The molecule has 7 heteroatoms. The van der Waals surface area contributed by atoms with E-state index >= 15 is 0 Å². The van der Waals surface area contributed by atoms with Crippen LogP contribution in [0.25, 0.3) is 0 Å². The van der Waals surface area contributed by atoms with Gasteiger partial charge in [0.1, 0.15) is 5.82 Å². The van der Waals surface area contributed by atoms with E-state index in [2.05, 4.69) is 55.1 Å². The van der Waals surface area contributed by atoms with Gasteiger partial charge in [0.2, 0.25) is 0 Å². The molecule has 30 heavy (non-hydrogen) atoms. The fraction of sp³-hybridized carbons (Fsp3) is 0.696. The molecule has 1 fully saturated rings. The lowest BCUT2D eigenvalue weighted by atomic mass is 9.85. The maximum Gasteiger partial charge on any atom is 0.191 e. The number of guanidine groups is 1. The normalized spacial score (nSPS) is 17.3. The molecule has 1 aliphatic rings. The Labute approximate surface area is 199 Å². The van der Waals surface area contributed by atoms with E-state index in [-0.39, 0.29) is 35.2 Å². The van der Waals surface area contributed by atoms with Crippen molar-refractivity contribution in [2.45, 2.75) is 40.0 Å². The maximum atomic E-state index is 13.6. The Morgan fingerprint density at radius 2 is 1.80 bits per heavy atom. The molecule has 0 amide bonds. The third kappa shape index (κ3) is 9.06. The molecule has 0 aliphatic carbocycles. The molecule has 1 aliphatic heterocycles. The Bertz CT molecular complexity index is 644. The Hall–Kier alpha value is -0.930. The van der Waals surface area contributed by atoms with Gasteiger partial charge in [0, 0.05) is 51.2 Å². The third-order valence-electron chi connectivity index (χ3n) is 5.68. The van der Waals surface area contributed by atoms with Crippen molar-refractivity contribution in [3.63, 3.8) is 0 Å². The highest BCUT2D eigenvalue weighted by Crippen LogP contribution is 2.24. The van der Waals surface area contributed by atoms with E-state index in [0.29, 0.717) is 12.5 Å². The smallest absolute Gasteiger partial charge is 0.191 e. The first-order chi connectivity index (χ1) is 13.8. The van der Waals surface area contributed by atoms with Gasteiger partial charge in [-0.1, -0.05) is 39.8 Å². The van der Waals surface area contributed by atoms with Crippen LogP contribution in [0.1, 0.15) is 40.2 Å². The fourth-order valence-electron chi connectivity index (χ4n) is 3.68. The van der Waals surface area contributed by atoms with Crippen molar-refractivity contribution in [2.24, 2.45) is 10.9 Å². The first-order valence-electron chi connectivity index (χ1n) is 11.1. The van der Waals surface area contributed by atoms with Crippen LogP contribution in [0, 0.1) is 11.7 Å². The quantitative estimate of drug-likeness (QED) is 0.290. The lowest BCUT2D eigenvalue weighted by Crippen LogP contribution is -2.48. The van der Waals surface area contributed by atoms with Crippen LogP contribution in [0.15, 0.2) is 29.3 Å². The van der Waals surface area contributed by atoms with Gasteiger partial charge in [0.15, 0.2) is 5.96 Å². The molecule has 1 saturated heterocycles. The van der Waals surface area contributed by atoms with Crippen LogP contribution < -0.4 is 10.6 Å². The molecule has 1 atom stereocenters. The Morgan fingerprint density at radius 3 is 2.40 bits per heavy atom. The largest absolute Gasteiger partial charge is 0.357 e. The summed E-state index contributed by atoms with van der Waals surface area (Å²) >= 11 is 0. The number of benzene rings is 1. The minimum Gasteiger partial charge on any atom is -0.357 e. The average Bonchev–Trinajstić information content (AvgIpc) is 2.70. The summed E-state index contributed by atoms with van der Waals surface area (Å²) in [5.41, 5.74) is 0.742. The SMILES string of the molecule is CCNC(=NCC(C)(C)c1cccc(F)c1)NCC(C)CN1CCN(CC)CC1.I. The van der Waals surface area contributed by atoms with Crippen molar-refractivity contribution in [1.82, 2.24) is 20.4 Å². The highest BCUT2D eigenvalue weighted by molar-refractivity contribution is 14.0. The summed E-state index contributed by atoms with van der Waals surface area (Å²) in [6, 6.07) is 6.83. The molecule has 0 spiro atoms. The molecule has 2 rings (SSSR count). The summed E-state index contributed by atoms with van der Waals surface area (Å²) in [5, 5.41) is 6.83. The Kier molecular flexibility index (Phi) is 12.2. The van der Waals surface area contributed by atoms with E-state index in [0.717, 1.165) is 50.8 Å². The lowest BCUT2D eigenvalue weighted by Gasteiger charge is -2.35. The second kappa shape index (κ2) is 13.5. The number of nitrogens with one attached hydrogen (secondary N) is 2. The molecule has 2 N–H and O–H groups in total. The van der Waals surface area contributed by atoms with Crippen LogP contribution >= 0.6 is 24.0 Å². The summed E-state index contributed by atoms with van der Waals surface area (Å²) in [6.07, 6.45) is 0. The molecule has 5 nitrogen and oxygen atoms in total. The number of piperazine rings is 1. The molecular weight excluding hydrogens is 492 g/mol. The van der Waals surface area contributed by atoms with Crippen molar-refractivity contribution in [3.05, 3.63) is 35.6 Å². The van der Waals surface area contributed by atoms with E-state index in [4.69, 9.17) is 4.99 Å². The fourth-order valence-corrected chi connectivity index (χ4v) is 3.68. The molecule has 0 saturated carbocycles. The van der Waals surface area contributed by atoms with Gasteiger partial charge in [-0.2, -0.15) is 0 Å². The summed E-state index contributed by atoms with van der Waals surface area (Å²) < 4.78 is 13.6. The van der Waals surface area contributed by atoms with E-state index in [1.165, 1.54) is 19.2 Å². The minimum atomic E-state index is -0.227. The van der Waals surface area contributed by atoms with Gasteiger partial charge < -0.3 is 20.4 Å². The van der Waals surface area contributed by atoms with Crippen LogP contribution in [-0.4, -0.2) is 74.7 Å². The predicted octanol–water partition coefficient (Wildman–Crippen LogP) is 3.55. The van der Waals surface area contributed by atoms with Crippen LogP contribution in [-0.2, 0) is 5.41 Å². The van der Waals surface area contributed by atoms with E-state index < -0.39 is 0 Å². The topological polar surface area (TPSA) is 42.9 Å². The first kappa shape index (κ1) is 27.1. The number of hydrogen-bond donors (Lipinski definition) is 2. The number of nitrogens with zero attached hydrogens (tertiary/aromatic N) is 3. The van der Waals surface area contributed by atoms with Crippen LogP contribution in [0.2, 0.25) is 0 Å². The summed E-state index contributed by atoms with van der Waals surface area (Å²) in [5.74, 6) is 1.18. The van der Waals surface area contributed by atoms with E-state index in [1.807, 2.05) is 6.07 Å². The van der Waals surface area contributed by atoms with E-state index in [1.54, 1.807) is 12.1 Å². The highest BCUT2D eigenvalue weighted by atomic mass is 127. The summed E-state index contributed by atoms with van der Waals surface area (Å²) in [4.78, 5) is 9.86. The zero-order valence-electron chi connectivity index (χ0n) is 19.4. The monoisotopic (exact) mass is 533 g/mol. The predicted molar refractivity (Wildman–Crippen MR) is 137 cm³/mol. The van der Waals surface area contributed by atoms with Gasteiger partial charge in [0.05, 0.1) is 6.54 Å². The zero-order chi connectivity index (χ0) is 21.3. The van der Waals surface area contributed by atoms with Gasteiger partial charge >= 0.3 is 0 Å². The molecular formula is C23H41FIN5. The van der Waals surface area contributed by atoms with Gasteiger partial charge in [-0.15, -0.1) is 24.0 Å². The van der Waals surface area contributed by atoms with Crippen molar-refractivity contribution < 1.29 is 4.39 Å². The molecule has 172 valence electrons. The van der Waals surface area contributed by atoms with Crippen molar-refractivity contribution in [1.29, 1.82) is 0 Å². The average molecular weight is 534 g/mol. The van der Waals surface area contributed by atoms with Crippen molar-refractivity contribution >= 4 is 29.9 Å². The molecule has 1 aromatic rings. The molecule has 1 unspecified atom stereocenters. The number of aliphatic imine (C=N–C) groups is 1. The van der Waals surface area contributed by atoms with Crippen molar-refractivity contribution in [3.8, 4) is 0 Å². The standard InChI is InChI=1S/C23H40FN5.HI/c1-6-25-22(27-18-23(4,5)20-9-8-10-21(24)15-20)26-16-19(3)17-29-13-11-28(7-2)12-14-29;/h8-10,15,19H,6-7,11-14,16-18H2,1-5H3,(H2,25,26,27);1H. The van der Waals surface area contributed by atoms with Gasteiger partial charge in [-0.3, -0.25) is 4.99 Å². The summed E-state index contributed by atoms with van der Waals surface area (Å²) in [6.45, 7) is 20.1. The lowest BCUT2D eigenvalue weighted by molar-refractivity contribution is 0.124. The maximum absolute atomic E-state index is 13.6. The number of likely N-dealkylation sites (N-methyl/N-ethyl adjacent to an activating group) is 1. The zero-order valence-corrected chi connectivity index (χ0v) is 21.7. The third-order valence-corrected chi connectivity index (χ3v) is 5.68. The second-order valence-corrected chi connectivity index (χ2v) is 8.81. The Balaban J connectivity index is 0.00000450. The number of hydrogen-bond acceptors (Lipinski definition) is 3. The molecule has 0 bridgehead atoms. The minimum absolute atomic E-state index is 0. The first-order valence-corrected chi connectivity index (χ1v) is 11.1. The Morgan fingerprint density at radius 1 is 1.13 bits per heavy atom.